The maximum Gasteiger partial charge on any atom is 0.264 e. The number of carbonyl (C=O) groups is 1. The van der Waals surface area contributed by atoms with Crippen LogP contribution in [0, 0.1) is 0 Å². The van der Waals surface area contributed by atoms with Gasteiger partial charge in [-0.3, -0.25) is 9.78 Å². The lowest BCUT2D eigenvalue weighted by Gasteiger charge is -2.26. The second-order valence-corrected chi connectivity index (χ2v) is 10.2. The van der Waals surface area contributed by atoms with E-state index in [4.69, 9.17) is 4.74 Å². The van der Waals surface area contributed by atoms with Crippen molar-refractivity contribution in [3.8, 4) is 16.9 Å². The van der Waals surface area contributed by atoms with Crippen LogP contribution >= 0.6 is 0 Å². The lowest BCUT2D eigenvalue weighted by atomic mass is 9.98. The molecule has 156 valence electrons. The number of rotatable bonds is 4. The summed E-state index contributed by atoms with van der Waals surface area (Å²) in [6.45, 7) is 0.978. The minimum absolute atomic E-state index is 0.0401. The highest BCUT2D eigenvalue weighted by Crippen LogP contribution is 2.37. The molecule has 0 saturated heterocycles. The number of anilines is 1. The molecule has 8 heteroatoms. The molecule has 0 bridgehead atoms. The smallest absolute Gasteiger partial charge is 0.264 e. The molecule has 2 aromatic rings. The predicted molar refractivity (Wildman–Crippen MR) is 115 cm³/mol. The first-order valence-electron chi connectivity index (χ1n) is 10.1. The van der Waals surface area contributed by atoms with Crippen LogP contribution in [0.2, 0.25) is 0 Å². The van der Waals surface area contributed by atoms with E-state index in [9.17, 15) is 13.2 Å². The molecule has 1 aromatic carbocycles. The Morgan fingerprint density at radius 3 is 2.63 bits per heavy atom. The first kappa shape index (κ1) is 19.3. The first-order chi connectivity index (χ1) is 14.4. The van der Waals surface area contributed by atoms with Gasteiger partial charge in [-0.2, -0.15) is 4.31 Å². The number of hydrogen-bond donors (Lipinski definition) is 0. The molecule has 0 radical (unpaired) electrons. The molecule has 1 saturated carbocycles. The Balaban J connectivity index is 1.39. The minimum atomic E-state index is -3.13. The summed E-state index contributed by atoms with van der Waals surface area (Å²) in [5.74, 6) is 0.610. The number of sulfonamides is 1. The monoisotopic (exact) mass is 425 g/mol. The Labute approximate surface area is 176 Å². The molecular weight excluding hydrogens is 402 g/mol. The van der Waals surface area contributed by atoms with Crippen LogP contribution in [0.25, 0.3) is 16.7 Å². The molecule has 0 spiro atoms. The summed E-state index contributed by atoms with van der Waals surface area (Å²) in [7, 11) is -1.39. The van der Waals surface area contributed by atoms with Gasteiger partial charge in [-0.25, -0.2) is 8.42 Å². The lowest BCUT2D eigenvalue weighted by molar-refractivity contribution is -0.120. The van der Waals surface area contributed by atoms with Gasteiger partial charge in [-0.05, 0) is 54.2 Å². The molecule has 7 nitrogen and oxygen atoms in total. The summed E-state index contributed by atoms with van der Waals surface area (Å²) in [4.78, 5) is 17.8. The van der Waals surface area contributed by atoms with Gasteiger partial charge in [0.15, 0.2) is 6.61 Å². The van der Waals surface area contributed by atoms with Crippen molar-refractivity contribution in [2.75, 3.05) is 31.6 Å². The summed E-state index contributed by atoms with van der Waals surface area (Å²) in [6, 6.07) is 7.84. The fraction of sp³-hybridized carbons (Fsp3) is 0.364. The fourth-order valence-corrected chi connectivity index (χ4v) is 5.73. The number of ether oxygens (including phenoxy) is 1. The van der Waals surface area contributed by atoms with Gasteiger partial charge in [0.05, 0.1) is 10.9 Å². The minimum Gasteiger partial charge on any atom is -0.482 e. The average Bonchev–Trinajstić information content (AvgIpc) is 3.62. The van der Waals surface area contributed by atoms with Crippen molar-refractivity contribution in [3.63, 3.8) is 0 Å². The van der Waals surface area contributed by atoms with Crippen LogP contribution in [0.15, 0.2) is 42.7 Å². The van der Waals surface area contributed by atoms with Crippen LogP contribution in [0.3, 0.4) is 0 Å². The Kier molecular flexibility index (Phi) is 4.63. The number of nitrogens with zero attached hydrogens (tertiary/aromatic N) is 3. The quantitative estimate of drug-likeness (QED) is 0.753. The average molecular weight is 426 g/mol. The van der Waals surface area contributed by atoms with Crippen LogP contribution in [0.4, 0.5) is 5.69 Å². The summed E-state index contributed by atoms with van der Waals surface area (Å²) < 4.78 is 32.1. The lowest BCUT2D eigenvalue weighted by Crippen LogP contribution is -2.36. The summed E-state index contributed by atoms with van der Waals surface area (Å²) in [5.41, 5.74) is 4.78. The molecular formula is C22H23N3O4S. The second kappa shape index (κ2) is 7.21. The van der Waals surface area contributed by atoms with Gasteiger partial charge in [0, 0.05) is 38.1 Å². The third kappa shape index (κ3) is 3.40. The van der Waals surface area contributed by atoms with E-state index < -0.39 is 10.0 Å². The van der Waals surface area contributed by atoms with Crippen LogP contribution in [0.1, 0.15) is 24.8 Å². The molecule has 3 aliphatic rings. The van der Waals surface area contributed by atoms with E-state index in [0.29, 0.717) is 25.3 Å². The molecule has 3 heterocycles. The van der Waals surface area contributed by atoms with Crippen molar-refractivity contribution in [3.05, 3.63) is 48.3 Å². The zero-order valence-electron chi connectivity index (χ0n) is 16.7. The molecule has 1 aromatic heterocycles. The zero-order valence-corrected chi connectivity index (χ0v) is 17.6. The highest BCUT2D eigenvalue weighted by atomic mass is 32.2. The van der Waals surface area contributed by atoms with Gasteiger partial charge in [0.25, 0.3) is 5.91 Å². The number of benzene rings is 1. The van der Waals surface area contributed by atoms with E-state index >= 15 is 0 Å². The topological polar surface area (TPSA) is 79.8 Å². The van der Waals surface area contributed by atoms with E-state index in [1.54, 1.807) is 22.4 Å². The number of amides is 1. The molecule has 0 N–H and O–H groups in total. The van der Waals surface area contributed by atoms with E-state index in [1.165, 1.54) is 0 Å². The summed E-state index contributed by atoms with van der Waals surface area (Å²) in [6.07, 6.45) is 7.88. The molecule has 1 aliphatic carbocycles. The number of likely N-dealkylation sites (N-methyl/N-ethyl adjacent to an activating group) is 1. The van der Waals surface area contributed by atoms with Crippen molar-refractivity contribution in [2.45, 2.75) is 24.5 Å². The molecule has 0 atom stereocenters. The molecule has 0 unspecified atom stereocenters. The van der Waals surface area contributed by atoms with Gasteiger partial charge in [-0.1, -0.05) is 12.1 Å². The van der Waals surface area contributed by atoms with Crippen LogP contribution < -0.4 is 9.64 Å². The van der Waals surface area contributed by atoms with E-state index in [0.717, 1.165) is 40.8 Å². The number of fused-ring (bicyclic) bond motifs is 1. The largest absolute Gasteiger partial charge is 0.482 e. The molecule has 1 amide bonds. The highest BCUT2D eigenvalue weighted by Gasteiger charge is 2.40. The van der Waals surface area contributed by atoms with Gasteiger partial charge in [0.1, 0.15) is 5.75 Å². The number of carbonyl (C=O) groups excluding carboxylic acids is 1. The van der Waals surface area contributed by atoms with Crippen LogP contribution in [-0.2, 0) is 14.8 Å². The number of aromatic nitrogens is 1. The zero-order chi connectivity index (χ0) is 20.9. The van der Waals surface area contributed by atoms with E-state index in [2.05, 4.69) is 11.1 Å². The van der Waals surface area contributed by atoms with Crippen molar-refractivity contribution >= 4 is 27.2 Å². The van der Waals surface area contributed by atoms with Crippen molar-refractivity contribution in [1.82, 2.24) is 9.29 Å². The maximum absolute atomic E-state index is 12.4. The number of pyridine rings is 1. The molecule has 1 fully saturated rings. The maximum atomic E-state index is 12.4. The van der Waals surface area contributed by atoms with Gasteiger partial charge >= 0.3 is 0 Å². The standard InChI is InChI=1S/C22H23N3O4S/c1-24-20-5-2-16(11-21(20)29-14-22(24)26)18-10-17(12-23-13-18)15-6-8-25(9-7-15)30(27,28)19-3-4-19/h2,5-6,10-13,19H,3-4,7-9,14H2,1H3. The summed E-state index contributed by atoms with van der Waals surface area (Å²) >= 11 is 0. The first-order valence-corrected chi connectivity index (χ1v) is 11.6. The Bertz CT molecular complexity index is 1150. The molecule has 30 heavy (non-hydrogen) atoms. The predicted octanol–water partition coefficient (Wildman–Crippen LogP) is 2.69. The second-order valence-electron chi connectivity index (χ2n) is 7.97. The third-order valence-electron chi connectivity index (χ3n) is 5.97. The van der Waals surface area contributed by atoms with Gasteiger partial charge in [-0.15, -0.1) is 0 Å². The van der Waals surface area contributed by atoms with Crippen LogP contribution in [-0.4, -0.2) is 55.6 Å². The molecule has 2 aliphatic heterocycles. The van der Waals surface area contributed by atoms with Crippen LogP contribution in [0.5, 0.6) is 5.75 Å². The SMILES string of the molecule is CN1C(=O)COc2cc(-c3cncc(C4=CCN(S(=O)(=O)C5CC5)CC4)c3)ccc21. The van der Waals surface area contributed by atoms with Gasteiger partial charge < -0.3 is 9.64 Å². The normalized spacial score (nSPS) is 19.8. The summed E-state index contributed by atoms with van der Waals surface area (Å²) in [5, 5.41) is -0.169. The Hall–Kier alpha value is -2.71. The van der Waals surface area contributed by atoms with Crippen molar-refractivity contribution in [2.24, 2.45) is 0 Å². The van der Waals surface area contributed by atoms with Gasteiger partial charge in [0.2, 0.25) is 10.0 Å². The van der Waals surface area contributed by atoms with E-state index in [1.807, 2.05) is 30.5 Å². The van der Waals surface area contributed by atoms with E-state index in [-0.39, 0.29) is 17.8 Å². The van der Waals surface area contributed by atoms with Crippen molar-refractivity contribution < 1.29 is 17.9 Å². The Morgan fingerprint density at radius 1 is 1.10 bits per heavy atom. The highest BCUT2D eigenvalue weighted by molar-refractivity contribution is 7.90. The third-order valence-corrected chi connectivity index (χ3v) is 8.33. The number of hydrogen-bond acceptors (Lipinski definition) is 5. The van der Waals surface area contributed by atoms with Crippen molar-refractivity contribution in [1.29, 1.82) is 0 Å². The molecule has 5 rings (SSSR count). The fourth-order valence-electron chi connectivity index (χ4n) is 3.95. The Morgan fingerprint density at radius 2 is 1.90 bits per heavy atom.